The number of carboxylic acids is 1. The summed E-state index contributed by atoms with van der Waals surface area (Å²) in [6.07, 6.45) is 1.13. The van der Waals surface area contributed by atoms with Crippen LogP contribution in [0.25, 0.3) is 0 Å². The molecule has 1 fully saturated rings. The van der Waals surface area contributed by atoms with Crippen molar-refractivity contribution >= 4 is 11.9 Å². The Bertz CT molecular complexity index is 581. The third-order valence-corrected chi connectivity index (χ3v) is 4.28. The second-order valence-electron chi connectivity index (χ2n) is 6.26. The number of piperidine rings is 1. The number of rotatable bonds is 6. The van der Waals surface area contributed by atoms with Crippen LogP contribution in [0.5, 0.6) is 0 Å². The number of nitrogens with zero attached hydrogens (tertiary/aromatic N) is 1. The fourth-order valence-electron chi connectivity index (χ4n) is 2.95. The minimum absolute atomic E-state index is 0.0347. The van der Waals surface area contributed by atoms with Crippen molar-refractivity contribution in [1.82, 2.24) is 10.2 Å². The van der Waals surface area contributed by atoms with Crippen LogP contribution in [0.2, 0.25) is 0 Å². The van der Waals surface area contributed by atoms with E-state index in [0.717, 1.165) is 0 Å². The molecule has 1 heterocycles. The molecular formula is C17H22F2N2O3. The summed E-state index contributed by atoms with van der Waals surface area (Å²) in [6, 6.07) is 3.29. The number of likely N-dealkylation sites (tertiary alicyclic amines) is 1. The van der Waals surface area contributed by atoms with Crippen LogP contribution < -0.4 is 5.32 Å². The van der Waals surface area contributed by atoms with Gasteiger partial charge in [-0.15, -0.1) is 0 Å². The molecule has 24 heavy (non-hydrogen) atoms. The van der Waals surface area contributed by atoms with E-state index in [-0.39, 0.29) is 30.4 Å². The molecular weight excluding hydrogens is 318 g/mol. The Morgan fingerprint density at radius 1 is 1.29 bits per heavy atom. The third kappa shape index (κ3) is 4.99. The summed E-state index contributed by atoms with van der Waals surface area (Å²) in [6.45, 7) is 2.97. The molecule has 0 radical (unpaired) electrons. The van der Waals surface area contributed by atoms with Crippen LogP contribution in [0.3, 0.4) is 0 Å². The fraction of sp³-hybridized carbons (Fsp3) is 0.529. The first kappa shape index (κ1) is 18.3. The topological polar surface area (TPSA) is 69.6 Å². The van der Waals surface area contributed by atoms with Gasteiger partial charge in [0.2, 0.25) is 5.91 Å². The fourth-order valence-corrected chi connectivity index (χ4v) is 2.95. The van der Waals surface area contributed by atoms with E-state index >= 15 is 0 Å². The molecule has 1 amide bonds. The average Bonchev–Trinajstić information content (AvgIpc) is 2.51. The van der Waals surface area contributed by atoms with Gasteiger partial charge in [0.25, 0.3) is 0 Å². The molecule has 1 atom stereocenters. The van der Waals surface area contributed by atoms with E-state index in [4.69, 9.17) is 5.11 Å². The molecule has 1 saturated heterocycles. The maximum absolute atomic E-state index is 13.6. The lowest BCUT2D eigenvalue weighted by atomic mass is 9.97. The highest BCUT2D eigenvalue weighted by Gasteiger charge is 2.25. The minimum Gasteiger partial charge on any atom is -0.481 e. The highest BCUT2D eigenvalue weighted by Crippen LogP contribution is 2.17. The van der Waals surface area contributed by atoms with Crippen molar-refractivity contribution < 1.29 is 23.5 Å². The van der Waals surface area contributed by atoms with E-state index in [2.05, 4.69) is 5.32 Å². The quantitative estimate of drug-likeness (QED) is 0.829. The summed E-state index contributed by atoms with van der Waals surface area (Å²) in [5.41, 5.74) is -0.0347. The van der Waals surface area contributed by atoms with E-state index < -0.39 is 23.6 Å². The molecule has 1 aliphatic heterocycles. The number of carbonyl (C=O) groups is 2. The number of hydrogen-bond donors (Lipinski definition) is 2. The summed E-state index contributed by atoms with van der Waals surface area (Å²) in [4.78, 5) is 24.8. The maximum Gasteiger partial charge on any atom is 0.306 e. The zero-order valence-electron chi connectivity index (χ0n) is 13.6. The van der Waals surface area contributed by atoms with Crippen LogP contribution in [-0.2, 0) is 16.0 Å². The molecule has 1 unspecified atom stereocenters. The van der Waals surface area contributed by atoms with Crippen LogP contribution in [-0.4, -0.2) is 47.6 Å². The first-order valence-corrected chi connectivity index (χ1v) is 8.04. The molecule has 1 aliphatic rings. The molecule has 0 saturated carbocycles. The van der Waals surface area contributed by atoms with E-state index in [1.54, 1.807) is 6.92 Å². The molecule has 5 nitrogen and oxygen atoms in total. The van der Waals surface area contributed by atoms with Gasteiger partial charge < -0.3 is 10.4 Å². The molecule has 0 spiro atoms. The molecule has 0 bridgehead atoms. The van der Waals surface area contributed by atoms with Gasteiger partial charge in [0, 0.05) is 11.6 Å². The molecule has 7 heteroatoms. The monoisotopic (exact) mass is 340 g/mol. The van der Waals surface area contributed by atoms with Crippen molar-refractivity contribution in [3.8, 4) is 0 Å². The molecule has 132 valence electrons. The first-order chi connectivity index (χ1) is 11.4. The van der Waals surface area contributed by atoms with Crippen LogP contribution in [0, 0.1) is 17.6 Å². The van der Waals surface area contributed by atoms with Crippen LogP contribution >= 0.6 is 0 Å². The Balaban J connectivity index is 1.79. The smallest absolute Gasteiger partial charge is 0.306 e. The van der Waals surface area contributed by atoms with Crippen molar-refractivity contribution in [3.63, 3.8) is 0 Å². The summed E-state index contributed by atoms with van der Waals surface area (Å²) < 4.78 is 27.2. The van der Waals surface area contributed by atoms with Gasteiger partial charge >= 0.3 is 5.97 Å². The molecule has 1 aromatic carbocycles. The Morgan fingerprint density at radius 3 is 2.42 bits per heavy atom. The summed E-state index contributed by atoms with van der Waals surface area (Å²) in [5.74, 6) is -2.60. The largest absolute Gasteiger partial charge is 0.481 e. The maximum atomic E-state index is 13.6. The lowest BCUT2D eigenvalue weighted by Crippen LogP contribution is -2.45. The van der Waals surface area contributed by atoms with Gasteiger partial charge in [-0.3, -0.25) is 14.5 Å². The summed E-state index contributed by atoms with van der Waals surface area (Å²) in [5, 5.41) is 11.7. The van der Waals surface area contributed by atoms with E-state index in [1.165, 1.54) is 18.2 Å². The molecule has 0 aromatic heterocycles. The summed E-state index contributed by atoms with van der Waals surface area (Å²) >= 11 is 0. The van der Waals surface area contributed by atoms with E-state index in [0.29, 0.717) is 25.9 Å². The van der Waals surface area contributed by atoms with Crippen molar-refractivity contribution in [2.45, 2.75) is 32.2 Å². The molecule has 1 aromatic rings. The van der Waals surface area contributed by atoms with Crippen molar-refractivity contribution in [2.75, 3.05) is 19.6 Å². The van der Waals surface area contributed by atoms with Gasteiger partial charge in [0.05, 0.1) is 12.5 Å². The average molecular weight is 340 g/mol. The molecule has 2 rings (SSSR count). The standard InChI is InChI=1S/C17H22F2N2O3/c1-11(9-13-14(18)3-2-4-15(13)19)20-16(22)10-21-7-5-12(6-8-21)17(23)24/h2-4,11-12H,5-10H2,1H3,(H,20,22)(H,23,24). The predicted octanol–water partition coefficient (Wildman–Crippen LogP) is 1.81. The van der Waals surface area contributed by atoms with Crippen molar-refractivity contribution in [3.05, 3.63) is 35.4 Å². The van der Waals surface area contributed by atoms with Gasteiger partial charge in [-0.2, -0.15) is 0 Å². The minimum atomic E-state index is -0.792. The number of aliphatic carboxylic acids is 1. The second-order valence-corrected chi connectivity index (χ2v) is 6.26. The zero-order valence-corrected chi connectivity index (χ0v) is 13.6. The lowest BCUT2D eigenvalue weighted by molar-refractivity contribution is -0.143. The Hall–Kier alpha value is -2.02. The van der Waals surface area contributed by atoms with Gasteiger partial charge in [-0.05, 0) is 51.4 Å². The number of benzene rings is 1. The zero-order chi connectivity index (χ0) is 17.7. The number of amides is 1. The van der Waals surface area contributed by atoms with E-state index in [1.807, 2.05) is 4.90 Å². The normalized spacial score (nSPS) is 17.5. The van der Waals surface area contributed by atoms with Crippen LogP contribution in [0.1, 0.15) is 25.3 Å². The van der Waals surface area contributed by atoms with Gasteiger partial charge in [-0.25, -0.2) is 8.78 Å². The summed E-state index contributed by atoms with van der Waals surface area (Å²) in [7, 11) is 0. The SMILES string of the molecule is CC(Cc1c(F)cccc1F)NC(=O)CN1CCC(C(=O)O)CC1. The van der Waals surface area contributed by atoms with Crippen LogP contribution in [0.15, 0.2) is 18.2 Å². The van der Waals surface area contributed by atoms with Gasteiger partial charge in [0.1, 0.15) is 11.6 Å². The Morgan fingerprint density at radius 2 is 1.88 bits per heavy atom. The third-order valence-electron chi connectivity index (χ3n) is 4.28. The van der Waals surface area contributed by atoms with Crippen molar-refractivity contribution in [2.24, 2.45) is 5.92 Å². The lowest BCUT2D eigenvalue weighted by Gasteiger charge is -2.29. The van der Waals surface area contributed by atoms with Gasteiger partial charge in [-0.1, -0.05) is 6.07 Å². The Kier molecular flexibility index (Phi) is 6.25. The second kappa shape index (κ2) is 8.19. The molecule has 2 N–H and O–H groups in total. The number of nitrogens with one attached hydrogen (secondary N) is 1. The number of carbonyl (C=O) groups excluding carboxylic acids is 1. The van der Waals surface area contributed by atoms with Crippen molar-refractivity contribution in [1.29, 1.82) is 0 Å². The Labute approximate surface area is 139 Å². The predicted molar refractivity (Wildman–Crippen MR) is 84.5 cm³/mol. The first-order valence-electron chi connectivity index (χ1n) is 8.04. The van der Waals surface area contributed by atoms with Crippen LogP contribution in [0.4, 0.5) is 8.78 Å². The number of carboxylic acid groups (broad SMARTS) is 1. The highest BCUT2D eigenvalue weighted by molar-refractivity contribution is 5.78. The molecule has 0 aliphatic carbocycles. The highest BCUT2D eigenvalue weighted by atomic mass is 19.1. The number of hydrogen-bond acceptors (Lipinski definition) is 3. The van der Waals surface area contributed by atoms with Gasteiger partial charge in [0.15, 0.2) is 0 Å². The number of halogens is 2. The van der Waals surface area contributed by atoms with E-state index in [9.17, 15) is 18.4 Å².